The molecule has 1 aliphatic rings. The molecule has 0 spiro atoms. The molecule has 1 saturated heterocycles. The van der Waals surface area contributed by atoms with Gasteiger partial charge >= 0.3 is 0 Å². The number of pyridine rings is 1. The number of carbonyl (C=O) groups excluding carboxylic acids is 1. The van der Waals surface area contributed by atoms with Gasteiger partial charge in [0.1, 0.15) is 30.1 Å². The molecule has 7 heteroatoms. The quantitative estimate of drug-likeness (QED) is 0.536. The van der Waals surface area contributed by atoms with E-state index in [0.29, 0.717) is 5.69 Å². The van der Waals surface area contributed by atoms with E-state index in [1.54, 1.807) is 12.1 Å². The first-order chi connectivity index (χ1) is 9.08. The summed E-state index contributed by atoms with van der Waals surface area (Å²) in [5.74, 6) is -0.353. The van der Waals surface area contributed by atoms with E-state index in [-0.39, 0.29) is 11.6 Å². The second kappa shape index (κ2) is 5.62. The predicted octanol–water partition coefficient (Wildman–Crippen LogP) is -1.40. The van der Waals surface area contributed by atoms with Crippen molar-refractivity contribution in [1.82, 2.24) is 10.3 Å². The molecule has 4 atom stereocenters. The van der Waals surface area contributed by atoms with Crippen LogP contribution in [0.3, 0.4) is 0 Å². The number of carbonyl (C=O) groups is 1. The molecule has 1 aliphatic heterocycles. The number of hydrogen-bond donors (Lipinski definition) is 4. The maximum absolute atomic E-state index is 11.5. The largest absolute Gasteiger partial charge is 0.394 e. The SMILES string of the molecule is CNC(=O)c1cccc([C@@H]2O[C@H](CO)[C@@H](O)[C@H]2O)n1. The Bertz CT molecular complexity index is 467. The van der Waals surface area contributed by atoms with Crippen LogP contribution < -0.4 is 5.32 Å². The Morgan fingerprint density at radius 2 is 2.16 bits per heavy atom. The summed E-state index contributed by atoms with van der Waals surface area (Å²) in [6, 6.07) is 4.73. The molecule has 1 fully saturated rings. The summed E-state index contributed by atoms with van der Waals surface area (Å²) in [5, 5.41) is 31.0. The lowest BCUT2D eigenvalue weighted by molar-refractivity contribution is -0.0239. The summed E-state index contributed by atoms with van der Waals surface area (Å²) >= 11 is 0. The van der Waals surface area contributed by atoms with Crippen LogP contribution in [0, 0.1) is 0 Å². The van der Waals surface area contributed by atoms with Crippen molar-refractivity contribution in [1.29, 1.82) is 0 Å². The van der Waals surface area contributed by atoms with Crippen molar-refractivity contribution >= 4 is 5.91 Å². The van der Waals surface area contributed by atoms with Crippen molar-refractivity contribution in [2.24, 2.45) is 0 Å². The Morgan fingerprint density at radius 3 is 2.74 bits per heavy atom. The highest BCUT2D eigenvalue weighted by Gasteiger charge is 2.43. The Kier molecular flexibility index (Phi) is 4.11. The number of ether oxygens (including phenoxy) is 1. The van der Waals surface area contributed by atoms with Gasteiger partial charge in [-0.15, -0.1) is 0 Å². The first-order valence-electron chi connectivity index (χ1n) is 5.90. The number of hydrogen-bond acceptors (Lipinski definition) is 6. The second-order valence-corrected chi connectivity index (χ2v) is 4.29. The van der Waals surface area contributed by atoms with Crippen LogP contribution in [0.2, 0.25) is 0 Å². The van der Waals surface area contributed by atoms with Crippen molar-refractivity contribution in [3.63, 3.8) is 0 Å². The minimum Gasteiger partial charge on any atom is -0.394 e. The van der Waals surface area contributed by atoms with E-state index in [1.807, 2.05) is 0 Å². The first-order valence-corrected chi connectivity index (χ1v) is 5.90. The van der Waals surface area contributed by atoms with E-state index < -0.39 is 31.0 Å². The van der Waals surface area contributed by atoms with Crippen molar-refractivity contribution in [3.8, 4) is 0 Å². The molecule has 1 aromatic heterocycles. The van der Waals surface area contributed by atoms with Crippen LogP contribution >= 0.6 is 0 Å². The minimum atomic E-state index is -1.19. The van der Waals surface area contributed by atoms with Crippen LogP contribution in [0.1, 0.15) is 22.3 Å². The molecule has 0 saturated carbocycles. The van der Waals surface area contributed by atoms with Gasteiger partial charge in [0.05, 0.1) is 12.3 Å². The van der Waals surface area contributed by atoms with Gasteiger partial charge in [-0.3, -0.25) is 4.79 Å². The molecule has 0 aliphatic carbocycles. The molecule has 0 radical (unpaired) electrons. The number of aliphatic hydroxyl groups is 3. The Balaban J connectivity index is 2.25. The molecule has 19 heavy (non-hydrogen) atoms. The molecule has 1 amide bonds. The van der Waals surface area contributed by atoms with Crippen molar-refractivity contribution in [3.05, 3.63) is 29.6 Å². The second-order valence-electron chi connectivity index (χ2n) is 4.29. The third kappa shape index (κ3) is 2.59. The number of aliphatic hydroxyl groups excluding tert-OH is 3. The predicted molar refractivity (Wildman–Crippen MR) is 64.3 cm³/mol. The maximum atomic E-state index is 11.5. The molecule has 1 aromatic rings. The lowest BCUT2D eigenvalue weighted by atomic mass is 10.1. The van der Waals surface area contributed by atoms with Gasteiger partial charge in [0.15, 0.2) is 0 Å². The van der Waals surface area contributed by atoms with Crippen LogP contribution in [-0.4, -0.2) is 58.2 Å². The fourth-order valence-corrected chi connectivity index (χ4v) is 2.01. The van der Waals surface area contributed by atoms with Crippen LogP contribution in [0.4, 0.5) is 0 Å². The van der Waals surface area contributed by atoms with Gasteiger partial charge in [-0.05, 0) is 12.1 Å². The van der Waals surface area contributed by atoms with E-state index in [9.17, 15) is 15.0 Å². The van der Waals surface area contributed by atoms with Crippen LogP contribution in [-0.2, 0) is 4.74 Å². The molecular weight excluding hydrogens is 252 g/mol. The topological polar surface area (TPSA) is 112 Å². The summed E-state index contributed by atoms with van der Waals surface area (Å²) in [7, 11) is 1.49. The minimum absolute atomic E-state index is 0.192. The van der Waals surface area contributed by atoms with E-state index in [4.69, 9.17) is 9.84 Å². The summed E-state index contributed by atoms with van der Waals surface area (Å²) < 4.78 is 5.35. The average Bonchev–Trinajstić information content (AvgIpc) is 2.74. The Labute approximate surface area is 109 Å². The molecule has 0 aromatic carbocycles. The lowest BCUT2D eigenvalue weighted by Gasteiger charge is -2.14. The smallest absolute Gasteiger partial charge is 0.269 e. The fourth-order valence-electron chi connectivity index (χ4n) is 2.01. The highest BCUT2D eigenvalue weighted by Crippen LogP contribution is 2.32. The maximum Gasteiger partial charge on any atom is 0.269 e. The summed E-state index contributed by atoms with van der Waals surface area (Å²) in [6.45, 7) is -0.399. The molecule has 0 unspecified atom stereocenters. The third-order valence-corrected chi connectivity index (χ3v) is 3.06. The Hall–Kier alpha value is -1.54. The lowest BCUT2D eigenvalue weighted by Crippen LogP contribution is -2.32. The van der Waals surface area contributed by atoms with E-state index in [1.165, 1.54) is 13.1 Å². The summed E-state index contributed by atoms with van der Waals surface area (Å²) in [5.41, 5.74) is 0.529. The Morgan fingerprint density at radius 1 is 1.42 bits per heavy atom. The van der Waals surface area contributed by atoms with Crippen LogP contribution in [0.5, 0.6) is 0 Å². The normalized spacial score (nSPS) is 30.3. The summed E-state index contributed by atoms with van der Waals surface area (Å²) in [6.07, 6.45) is -4.09. The number of aromatic nitrogens is 1. The van der Waals surface area contributed by atoms with Gasteiger partial charge in [0.2, 0.25) is 0 Å². The van der Waals surface area contributed by atoms with Gasteiger partial charge in [-0.2, -0.15) is 0 Å². The van der Waals surface area contributed by atoms with Crippen molar-refractivity contribution < 1.29 is 24.9 Å². The fraction of sp³-hybridized carbons (Fsp3) is 0.500. The number of rotatable bonds is 3. The molecule has 4 N–H and O–H groups in total. The van der Waals surface area contributed by atoms with Crippen LogP contribution in [0.25, 0.3) is 0 Å². The molecule has 0 bridgehead atoms. The van der Waals surface area contributed by atoms with E-state index in [2.05, 4.69) is 10.3 Å². The standard InChI is InChI=1S/C12H16N2O5/c1-13-12(18)7-4-2-3-6(14-7)11-10(17)9(16)8(5-15)19-11/h2-4,8-11,15-17H,5H2,1H3,(H,13,18)/t8-,9-,10-,11+/m1/s1. The molecule has 2 rings (SSSR count). The van der Waals surface area contributed by atoms with Crippen molar-refractivity contribution in [2.75, 3.05) is 13.7 Å². The zero-order valence-electron chi connectivity index (χ0n) is 10.4. The van der Waals surface area contributed by atoms with Gasteiger partial charge < -0.3 is 25.4 Å². The molecular formula is C12H16N2O5. The zero-order valence-corrected chi connectivity index (χ0v) is 10.4. The van der Waals surface area contributed by atoms with Gasteiger partial charge in [0.25, 0.3) is 5.91 Å². The first kappa shape index (κ1) is 13.9. The molecule has 2 heterocycles. The molecule has 104 valence electrons. The van der Waals surface area contributed by atoms with Gasteiger partial charge in [-0.25, -0.2) is 4.98 Å². The number of nitrogens with zero attached hydrogens (tertiary/aromatic N) is 1. The summed E-state index contributed by atoms with van der Waals surface area (Å²) in [4.78, 5) is 15.6. The van der Waals surface area contributed by atoms with Gasteiger partial charge in [-0.1, -0.05) is 6.07 Å². The van der Waals surface area contributed by atoms with Crippen molar-refractivity contribution in [2.45, 2.75) is 24.4 Å². The zero-order chi connectivity index (χ0) is 14.0. The van der Waals surface area contributed by atoms with E-state index in [0.717, 1.165) is 0 Å². The monoisotopic (exact) mass is 268 g/mol. The van der Waals surface area contributed by atoms with Crippen LogP contribution in [0.15, 0.2) is 18.2 Å². The number of nitrogens with one attached hydrogen (secondary N) is 1. The van der Waals surface area contributed by atoms with E-state index >= 15 is 0 Å². The average molecular weight is 268 g/mol. The highest BCUT2D eigenvalue weighted by molar-refractivity contribution is 5.91. The molecule has 7 nitrogen and oxygen atoms in total. The highest BCUT2D eigenvalue weighted by atomic mass is 16.6. The third-order valence-electron chi connectivity index (χ3n) is 3.06. The number of amides is 1. The van der Waals surface area contributed by atoms with Gasteiger partial charge in [0, 0.05) is 7.05 Å².